The van der Waals surface area contributed by atoms with Gasteiger partial charge in [-0.25, -0.2) is 4.99 Å². The largest absolute Gasteiger partial charge is 0.469 e. The zero-order valence-electron chi connectivity index (χ0n) is 14.4. The highest BCUT2D eigenvalue weighted by molar-refractivity contribution is 6.44. The molecule has 0 bridgehead atoms. The Morgan fingerprint density at radius 1 is 1.32 bits per heavy atom. The van der Waals surface area contributed by atoms with Crippen LogP contribution in [0.4, 0.5) is 0 Å². The van der Waals surface area contributed by atoms with Crippen molar-refractivity contribution in [3.8, 4) is 0 Å². The molecular formula is C20H21N2O3. The first-order valence-corrected chi connectivity index (χ1v) is 7.85. The summed E-state index contributed by atoms with van der Waals surface area (Å²) >= 11 is 0. The van der Waals surface area contributed by atoms with Gasteiger partial charge in [0.1, 0.15) is 5.71 Å². The van der Waals surface area contributed by atoms with E-state index in [0.29, 0.717) is 11.3 Å². The van der Waals surface area contributed by atoms with Crippen LogP contribution in [0.1, 0.15) is 24.9 Å². The molecule has 0 fully saturated rings. The summed E-state index contributed by atoms with van der Waals surface area (Å²) in [5, 5.41) is 2.85. The summed E-state index contributed by atoms with van der Waals surface area (Å²) in [4.78, 5) is 28.6. The molecule has 2 rings (SSSR count). The van der Waals surface area contributed by atoms with Gasteiger partial charge in [0.25, 0.3) is 5.91 Å². The fourth-order valence-corrected chi connectivity index (χ4v) is 2.43. The van der Waals surface area contributed by atoms with Gasteiger partial charge in [-0.1, -0.05) is 49.6 Å². The Morgan fingerprint density at radius 2 is 2.00 bits per heavy atom. The maximum absolute atomic E-state index is 12.6. The van der Waals surface area contributed by atoms with Gasteiger partial charge < -0.3 is 10.1 Å². The molecule has 129 valence electrons. The molecule has 0 aliphatic carbocycles. The summed E-state index contributed by atoms with van der Waals surface area (Å²) in [6, 6.07) is 8.76. The quantitative estimate of drug-likeness (QED) is 0.811. The number of esters is 1. The van der Waals surface area contributed by atoms with Crippen LogP contribution in [0, 0.1) is 6.42 Å². The average Bonchev–Trinajstić information content (AvgIpc) is 3.03. The van der Waals surface area contributed by atoms with Crippen LogP contribution in [0.5, 0.6) is 0 Å². The van der Waals surface area contributed by atoms with Gasteiger partial charge in [-0.3, -0.25) is 9.59 Å². The Kier molecular flexibility index (Phi) is 6.06. The van der Waals surface area contributed by atoms with Crippen LogP contribution in [-0.2, 0) is 14.3 Å². The number of carbonyl (C=O) groups is 2. The summed E-state index contributed by atoms with van der Waals surface area (Å²) < 4.78 is 4.73. The number of benzene rings is 1. The molecule has 1 aromatic carbocycles. The molecule has 1 N–H and O–H groups in total. The van der Waals surface area contributed by atoms with E-state index in [1.165, 1.54) is 7.11 Å². The highest BCUT2D eigenvalue weighted by atomic mass is 16.5. The third-order valence-electron chi connectivity index (χ3n) is 3.87. The molecule has 0 saturated heterocycles. The first kappa shape index (κ1) is 18.4. The summed E-state index contributed by atoms with van der Waals surface area (Å²) in [6.07, 6.45) is 3.33. The molecule has 1 amide bonds. The molecule has 5 heteroatoms. The molecular weight excluding hydrogens is 316 g/mol. The van der Waals surface area contributed by atoms with Gasteiger partial charge in [0.15, 0.2) is 0 Å². The third-order valence-corrected chi connectivity index (χ3v) is 3.87. The first-order valence-electron chi connectivity index (χ1n) is 7.85. The normalized spacial score (nSPS) is 16.7. The van der Waals surface area contributed by atoms with E-state index in [1.54, 1.807) is 12.5 Å². The zero-order chi connectivity index (χ0) is 18.4. The molecule has 0 aromatic heterocycles. The van der Waals surface area contributed by atoms with Crippen molar-refractivity contribution < 1.29 is 14.3 Å². The number of aliphatic imine (C=N–C) groups is 1. The lowest BCUT2D eigenvalue weighted by Crippen LogP contribution is -2.35. The van der Waals surface area contributed by atoms with Gasteiger partial charge in [-0.05, 0) is 23.6 Å². The minimum atomic E-state index is -0.501. The minimum absolute atomic E-state index is 0.0366. The fourth-order valence-electron chi connectivity index (χ4n) is 2.43. The molecule has 1 aromatic rings. The Bertz CT molecular complexity index is 760. The number of hydrogen-bond acceptors (Lipinski definition) is 4. The molecule has 1 aliphatic rings. The smallest absolute Gasteiger partial charge is 0.307 e. The molecule has 1 unspecified atom stereocenters. The monoisotopic (exact) mass is 337 g/mol. The van der Waals surface area contributed by atoms with Crippen LogP contribution < -0.4 is 5.32 Å². The standard InChI is InChI=1S/C20H21N2O3/c1-5-13(2)19-14(3)11-17(21-19)20(24)22-16(12-18(23)25-4)15-9-7-6-8-10-15/h5-11,16H,1,3,12H2,2,4H3,(H,22,24)/b19-13+. The van der Waals surface area contributed by atoms with E-state index in [9.17, 15) is 9.59 Å². The van der Waals surface area contributed by atoms with Crippen molar-refractivity contribution >= 4 is 17.6 Å². The number of ether oxygens (including phenoxy) is 1. The lowest BCUT2D eigenvalue weighted by molar-refractivity contribution is -0.141. The summed E-state index contributed by atoms with van der Waals surface area (Å²) in [5.41, 5.74) is 3.22. The van der Waals surface area contributed by atoms with Crippen molar-refractivity contribution in [2.45, 2.75) is 19.4 Å². The van der Waals surface area contributed by atoms with Gasteiger partial charge in [-0.2, -0.15) is 0 Å². The Labute approximate surface area is 147 Å². The highest BCUT2D eigenvalue weighted by Crippen LogP contribution is 2.26. The first-order chi connectivity index (χ1) is 12.0. The van der Waals surface area contributed by atoms with Gasteiger partial charge in [0, 0.05) is 6.42 Å². The van der Waals surface area contributed by atoms with E-state index in [-0.39, 0.29) is 18.0 Å². The third kappa shape index (κ3) is 4.53. The van der Waals surface area contributed by atoms with Gasteiger partial charge >= 0.3 is 5.97 Å². The topological polar surface area (TPSA) is 67.8 Å². The number of hydrogen-bond donors (Lipinski definition) is 1. The van der Waals surface area contributed by atoms with Crippen molar-refractivity contribution in [3.05, 3.63) is 78.4 Å². The number of rotatable bonds is 6. The van der Waals surface area contributed by atoms with Gasteiger partial charge in [0.05, 0.1) is 25.3 Å². The van der Waals surface area contributed by atoms with E-state index in [1.807, 2.05) is 37.3 Å². The molecule has 1 heterocycles. The Hall–Kier alpha value is -2.95. The van der Waals surface area contributed by atoms with Crippen molar-refractivity contribution in [2.24, 2.45) is 4.99 Å². The van der Waals surface area contributed by atoms with Crippen LogP contribution >= 0.6 is 0 Å². The maximum Gasteiger partial charge on any atom is 0.307 e. The van der Waals surface area contributed by atoms with Crippen LogP contribution in [0.15, 0.2) is 71.4 Å². The van der Waals surface area contributed by atoms with E-state index in [2.05, 4.69) is 23.5 Å². The summed E-state index contributed by atoms with van der Waals surface area (Å²) in [5.74, 6) is -0.773. The number of carbonyl (C=O) groups excluding carboxylic acids is 2. The molecule has 1 radical (unpaired) electrons. The van der Waals surface area contributed by atoms with Crippen molar-refractivity contribution in [1.29, 1.82) is 0 Å². The van der Waals surface area contributed by atoms with Crippen LogP contribution in [0.3, 0.4) is 0 Å². The average molecular weight is 337 g/mol. The number of nitrogens with zero attached hydrogens (tertiary/aromatic N) is 1. The fraction of sp³-hybridized carbons (Fsp3) is 0.200. The zero-order valence-corrected chi connectivity index (χ0v) is 14.4. The van der Waals surface area contributed by atoms with E-state index in [4.69, 9.17) is 4.74 Å². The Morgan fingerprint density at radius 3 is 2.60 bits per heavy atom. The van der Waals surface area contributed by atoms with Crippen LogP contribution in [0.2, 0.25) is 0 Å². The molecule has 1 aliphatic heterocycles. The molecule has 0 spiro atoms. The van der Waals surface area contributed by atoms with Crippen LogP contribution in [0.25, 0.3) is 0 Å². The second-order valence-corrected chi connectivity index (χ2v) is 5.62. The SMILES string of the molecule is C=C/C(C)=C1/N=C(C(=O)NC(CC(=O)OC)c2ccccc2)[CH]C1=C. The molecule has 5 nitrogen and oxygen atoms in total. The van der Waals surface area contributed by atoms with Crippen molar-refractivity contribution in [1.82, 2.24) is 5.32 Å². The van der Waals surface area contributed by atoms with Gasteiger partial charge in [-0.15, -0.1) is 0 Å². The lowest BCUT2D eigenvalue weighted by atomic mass is 10.0. The van der Waals surface area contributed by atoms with E-state index in [0.717, 1.165) is 11.1 Å². The molecule has 0 saturated carbocycles. The second-order valence-electron chi connectivity index (χ2n) is 5.62. The van der Waals surface area contributed by atoms with Crippen molar-refractivity contribution in [2.75, 3.05) is 7.11 Å². The second kappa shape index (κ2) is 8.24. The Balaban J connectivity index is 2.21. The predicted octanol–water partition coefficient (Wildman–Crippen LogP) is 3.08. The van der Waals surface area contributed by atoms with Crippen molar-refractivity contribution in [3.63, 3.8) is 0 Å². The minimum Gasteiger partial charge on any atom is -0.469 e. The van der Waals surface area contributed by atoms with Gasteiger partial charge in [0.2, 0.25) is 0 Å². The maximum atomic E-state index is 12.6. The number of amides is 1. The van der Waals surface area contributed by atoms with E-state index < -0.39 is 12.0 Å². The lowest BCUT2D eigenvalue weighted by Gasteiger charge is -2.18. The molecule has 1 atom stereocenters. The molecule has 25 heavy (non-hydrogen) atoms. The number of allylic oxidation sites excluding steroid dienone is 3. The summed E-state index contributed by atoms with van der Waals surface area (Å²) in [7, 11) is 1.32. The predicted molar refractivity (Wildman–Crippen MR) is 97.7 cm³/mol. The highest BCUT2D eigenvalue weighted by Gasteiger charge is 2.26. The van der Waals surface area contributed by atoms with E-state index >= 15 is 0 Å². The number of nitrogens with one attached hydrogen (secondary N) is 1. The summed E-state index contributed by atoms with van der Waals surface area (Å²) in [6.45, 7) is 9.47. The van der Waals surface area contributed by atoms with Crippen LogP contribution in [-0.4, -0.2) is 24.7 Å². The number of methoxy groups -OCH3 is 1.